The lowest BCUT2D eigenvalue weighted by atomic mass is 10.2. The predicted molar refractivity (Wildman–Crippen MR) is 188 cm³/mol. The van der Waals surface area contributed by atoms with Gasteiger partial charge in [0.2, 0.25) is 0 Å². The third-order valence-corrected chi connectivity index (χ3v) is 16.1. The van der Waals surface area contributed by atoms with Crippen molar-refractivity contribution in [1.29, 1.82) is 0 Å². The summed E-state index contributed by atoms with van der Waals surface area (Å²) in [5.74, 6) is 0. The lowest BCUT2D eigenvalue weighted by Gasteiger charge is -2.12. The normalized spacial score (nSPS) is 12.2. The maximum absolute atomic E-state index is 6.67. The lowest BCUT2D eigenvalue weighted by molar-refractivity contribution is 0.672. The summed E-state index contributed by atoms with van der Waals surface area (Å²) in [6, 6.07) is 13.1. The first-order valence-corrected chi connectivity index (χ1v) is 18.2. The van der Waals surface area contributed by atoms with Gasteiger partial charge in [0.05, 0.1) is 46.3 Å². The first-order chi connectivity index (χ1) is 17.7. The molecule has 0 saturated heterocycles. The van der Waals surface area contributed by atoms with E-state index in [0.29, 0.717) is 0 Å². The summed E-state index contributed by atoms with van der Waals surface area (Å²) in [5, 5.41) is 0. The van der Waals surface area contributed by atoms with Crippen LogP contribution in [-0.4, -0.2) is 4.57 Å². The fraction of sp³-hybridized carbons (Fsp3) is 0.111. The molecule has 0 saturated carbocycles. The van der Waals surface area contributed by atoms with Gasteiger partial charge in [-0.15, -0.1) is 45.3 Å². The zero-order valence-electron chi connectivity index (χ0n) is 19.5. The van der Waals surface area contributed by atoms with Crippen LogP contribution in [0.3, 0.4) is 0 Å². The summed E-state index contributed by atoms with van der Waals surface area (Å²) in [4.78, 5) is 5.20. The standard InChI is InChI=1S/C27H15Br2I2NOS4/c1-10-4-6-13(7-5-10)32-11(2)8-14(28)18(32)22-16(30)19-25(35-22)27-20(33-19)26-24(37-27)17(31)23(36-26)21-15(29)9-12(3)34-21/h4-9H,1-3H3. The Morgan fingerprint density at radius 1 is 0.703 bits per heavy atom. The van der Waals surface area contributed by atoms with Crippen molar-refractivity contribution in [1.82, 2.24) is 4.57 Å². The molecule has 6 heterocycles. The smallest absolute Gasteiger partial charge is 0.165 e. The average Bonchev–Trinajstić information content (AvgIpc) is 3.65. The molecule has 0 aliphatic carbocycles. The van der Waals surface area contributed by atoms with E-state index in [1.165, 1.54) is 72.6 Å². The van der Waals surface area contributed by atoms with E-state index < -0.39 is 0 Å². The monoisotopic (exact) mass is 909 g/mol. The zero-order chi connectivity index (χ0) is 25.7. The van der Waals surface area contributed by atoms with Crippen LogP contribution >= 0.6 is 122 Å². The molecule has 0 bridgehead atoms. The Bertz CT molecular complexity index is 2020. The maximum Gasteiger partial charge on any atom is 0.165 e. The molecule has 6 aromatic heterocycles. The molecule has 0 spiro atoms. The number of aryl methyl sites for hydroxylation is 3. The zero-order valence-corrected chi connectivity index (χ0v) is 30.2. The highest BCUT2D eigenvalue weighted by molar-refractivity contribution is 14.1. The molecule has 1 aromatic carbocycles. The summed E-state index contributed by atoms with van der Waals surface area (Å²) in [7, 11) is 0. The number of benzene rings is 1. The minimum Gasteiger partial charge on any atom is -0.452 e. The molecule has 0 fully saturated rings. The number of nitrogens with zero attached hydrogens (tertiary/aromatic N) is 1. The Kier molecular flexibility index (Phi) is 6.55. The summed E-state index contributed by atoms with van der Waals surface area (Å²) >= 11 is 20.0. The number of aromatic nitrogens is 1. The molecule has 0 aliphatic rings. The molecule has 0 atom stereocenters. The Labute approximate surface area is 273 Å². The van der Waals surface area contributed by atoms with E-state index in [0.717, 1.165) is 15.6 Å². The highest BCUT2D eigenvalue weighted by atomic mass is 127. The summed E-state index contributed by atoms with van der Waals surface area (Å²) in [6.07, 6.45) is 0. The molecular weight excluding hydrogens is 896 g/mol. The first kappa shape index (κ1) is 25.7. The Hall–Kier alpha value is -0.220. The second-order valence-electron chi connectivity index (χ2n) is 8.86. The van der Waals surface area contributed by atoms with Gasteiger partial charge in [-0.2, -0.15) is 0 Å². The van der Waals surface area contributed by atoms with E-state index in [1.54, 1.807) is 0 Å². The largest absolute Gasteiger partial charge is 0.452 e. The van der Waals surface area contributed by atoms with Gasteiger partial charge in [0.15, 0.2) is 11.2 Å². The number of thiophene rings is 4. The molecule has 0 aliphatic heterocycles. The molecule has 10 heteroatoms. The molecule has 2 nitrogen and oxygen atoms in total. The van der Waals surface area contributed by atoms with Crippen molar-refractivity contribution in [3.05, 3.63) is 68.6 Å². The minimum atomic E-state index is 1.00. The minimum absolute atomic E-state index is 1.00. The van der Waals surface area contributed by atoms with E-state index in [9.17, 15) is 0 Å². The Morgan fingerprint density at radius 2 is 1.38 bits per heavy atom. The van der Waals surface area contributed by atoms with Crippen LogP contribution in [-0.2, 0) is 0 Å². The molecule has 186 valence electrons. The number of hydrogen-bond acceptors (Lipinski definition) is 5. The van der Waals surface area contributed by atoms with E-state index >= 15 is 0 Å². The van der Waals surface area contributed by atoms with Gasteiger partial charge in [0.25, 0.3) is 0 Å². The van der Waals surface area contributed by atoms with Crippen LogP contribution < -0.4 is 0 Å². The number of furan rings is 1. The van der Waals surface area contributed by atoms with E-state index in [4.69, 9.17) is 4.42 Å². The fourth-order valence-electron chi connectivity index (χ4n) is 4.64. The average molecular weight is 911 g/mol. The number of rotatable bonds is 3. The highest BCUT2D eigenvalue weighted by Crippen LogP contribution is 2.55. The van der Waals surface area contributed by atoms with Crippen LogP contribution in [0.2, 0.25) is 0 Å². The Balaban J connectivity index is 1.43. The number of hydrogen-bond donors (Lipinski definition) is 0. The lowest BCUT2D eigenvalue weighted by Crippen LogP contribution is -1.99. The van der Waals surface area contributed by atoms with Crippen LogP contribution in [0.4, 0.5) is 0 Å². The molecular formula is C27H15Br2I2NOS4. The highest BCUT2D eigenvalue weighted by Gasteiger charge is 2.28. The van der Waals surface area contributed by atoms with Crippen molar-refractivity contribution >= 4 is 152 Å². The van der Waals surface area contributed by atoms with E-state index in [-0.39, 0.29) is 0 Å². The van der Waals surface area contributed by atoms with Crippen molar-refractivity contribution in [3.8, 4) is 26.0 Å². The molecule has 0 unspecified atom stereocenters. The summed E-state index contributed by atoms with van der Waals surface area (Å²) in [6.45, 7) is 6.45. The van der Waals surface area contributed by atoms with E-state index in [1.807, 2.05) is 45.3 Å². The molecule has 0 radical (unpaired) electrons. The SMILES string of the molecule is Cc1ccc(-n2c(C)cc(Br)c2-c2sc3c(oc4c5sc(-c6sc(C)cc6Br)c(I)c5sc43)c2I)cc1. The third kappa shape index (κ3) is 3.94. The topological polar surface area (TPSA) is 18.1 Å². The van der Waals surface area contributed by atoms with Crippen LogP contribution in [0.15, 0.2) is 49.8 Å². The van der Waals surface area contributed by atoms with Gasteiger partial charge >= 0.3 is 0 Å². The van der Waals surface area contributed by atoms with Crippen molar-refractivity contribution in [3.63, 3.8) is 0 Å². The van der Waals surface area contributed by atoms with Gasteiger partial charge in [0.1, 0.15) is 0 Å². The molecule has 0 N–H and O–H groups in total. The van der Waals surface area contributed by atoms with Gasteiger partial charge in [-0.05, 0) is 122 Å². The molecule has 0 amide bonds. The van der Waals surface area contributed by atoms with Gasteiger partial charge in [-0.1, -0.05) is 17.7 Å². The molecule has 7 rings (SSSR count). The van der Waals surface area contributed by atoms with Gasteiger partial charge in [-0.3, -0.25) is 0 Å². The number of fused-ring (bicyclic) bond motifs is 5. The van der Waals surface area contributed by atoms with Crippen molar-refractivity contribution < 1.29 is 4.42 Å². The first-order valence-electron chi connectivity index (χ1n) is 11.2. The van der Waals surface area contributed by atoms with E-state index in [2.05, 4.69) is 139 Å². The second kappa shape index (κ2) is 9.42. The molecule has 7 aromatic rings. The quantitative estimate of drug-likeness (QED) is 0.162. The number of halogens is 4. The van der Waals surface area contributed by atoms with Gasteiger partial charge in [-0.25, -0.2) is 0 Å². The summed E-state index contributed by atoms with van der Waals surface area (Å²) in [5.41, 5.74) is 6.85. The summed E-state index contributed by atoms with van der Waals surface area (Å²) < 4.78 is 18.9. The van der Waals surface area contributed by atoms with Crippen LogP contribution in [0.1, 0.15) is 16.1 Å². The predicted octanol–water partition coefficient (Wildman–Crippen LogP) is 12.8. The van der Waals surface area contributed by atoms with Crippen LogP contribution in [0, 0.1) is 27.9 Å². The van der Waals surface area contributed by atoms with Gasteiger partial charge in [0, 0.05) is 25.2 Å². The Morgan fingerprint density at radius 3 is 2.08 bits per heavy atom. The van der Waals surface area contributed by atoms with Crippen molar-refractivity contribution in [2.75, 3.05) is 0 Å². The van der Waals surface area contributed by atoms with Crippen molar-refractivity contribution in [2.24, 2.45) is 0 Å². The van der Waals surface area contributed by atoms with Crippen LogP contribution in [0.25, 0.3) is 56.0 Å². The molecule has 37 heavy (non-hydrogen) atoms. The third-order valence-electron chi connectivity index (χ3n) is 6.31. The van der Waals surface area contributed by atoms with Gasteiger partial charge < -0.3 is 8.98 Å². The van der Waals surface area contributed by atoms with Crippen LogP contribution in [0.5, 0.6) is 0 Å². The van der Waals surface area contributed by atoms with Crippen molar-refractivity contribution in [2.45, 2.75) is 20.8 Å². The fourth-order valence-corrected chi connectivity index (χ4v) is 14.1. The second-order valence-corrected chi connectivity index (χ2v) is 17.0. The maximum atomic E-state index is 6.67.